The minimum Gasteiger partial charge on any atom is -0.504 e. The maximum atomic E-state index is 12.5. The molecule has 5 rings (SSSR count). The molecule has 154 valence electrons. The fourth-order valence-corrected chi connectivity index (χ4v) is 4.33. The first-order valence-corrected chi connectivity index (χ1v) is 10.1. The molecule has 2 N–H and O–H groups in total. The number of para-hydroxylation sites is 1. The summed E-state index contributed by atoms with van der Waals surface area (Å²) in [5.74, 6) is 0.991. The number of ether oxygens (including phenoxy) is 2. The van der Waals surface area contributed by atoms with Crippen LogP contribution in [0.25, 0.3) is 10.9 Å². The summed E-state index contributed by atoms with van der Waals surface area (Å²) in [5.41, 5.74) is 3.44. The van der Waals surface area contributed by atoms with E-state index in [-0.39, 0.29) is 17.6 Å². The van der Waals surface area contributed by atoms with Crippen molar-refractivity contribution in [2.45, 2.75) is 12.3 Å². The Kier molecular flexibility index (Phi) is 4.67. The lowest BCUT2D eigenvalue weighted by atomic mass is 9.84. The van der Waals surface area contributed by atoms with Gasteiger partial charge in [-0.3, -0.25) is 4.79 Å². The first kappa shape index (κ1) is 18.7. The molecule has 7 nitrogen and oxygen atoms in total. The molecule has 0 aliphatic carbocycles. The van der Waals surface area contributed by atoms with Crippen LogP contribution in [0.4, 0.5) is 11.5 Å². The van der Waals surface area contributed by atoms with Gasteiger partial charge in [0.2, 0.25) is 5.91 Å². The fraction of sp³-hybridized carbons (Fsp3) is 0.304. The molecular weight excluding hydrogens is 382 g/mol. The van der Waals surface area contributed by atoms with Crippen molar-refractivity contribution in [3.63, 3.8) is 0 Å². The molecule has 1 fully saturated rings. The summed E-state index contributed by atoms with van der Waals surface area (Å²) < 4.78 is 10.9. The lowest BCUT2D eigenvalue weighted by molar-refractivity contribution is -0.116. The molecule has 3 heterocycles. The van der Waals surface area contributed by atoms with Gasteiger partial charge >= 0.3 is 0 Å². The van der Waals surface area contributed by atoms with Crippen molar-refractivity contribution in [2.75, 3.05) is 43.6 Å². The molecule has 1 unspecified atom stereocenters. The molecule has 1 amide bonds. The molecule has 3 aromatic rings. The van der Waals surface area contributed by atoms with E-state index in [0.29, 0.717) is 31.1 Å². The van der Waals surface area contributed by atoms with Gasteiger partial charge in [-0.05, 0) is 23.8 Å². The largest absolute Gasteiger partial charge is 0.504 e. The number of aromatic hydroxyl groups is 1. The monoisotopic (exact) mass is 405 g/mol. The van der Waals surface area contributed by atoms with E-state index in [2.05, 4.69) is 16.3 Å². The molecule has 1 saturated heterocycles. The van der Waals surface area contributed by atoms with Gasteiger partial charge in [-0.2, -0.15) is 0 Å². The van der Waals surface area contributed by atoms with E-state index in [4.69, 9.17) is 14.5 Å². The standard InChI is InChI=1S/C23H23N3O4/c1-29-21-11-16-15(12-22(28)24-19(16)13-20(21)27)17-10-14-4-2-3-5-18(14)25-23(17)26-6-8-30-9-7-26/h2-5,10-11,13,15,27H,6-9,12H2,1H3,(H,24,28). The minimum atomic E-state index is -0.196. The molecular formula is C23H23N3O4. The number of morpholine rings is 1. The van der Waals surface area contributed by atoms with E-state index in [0.717, 1.165) is 40.9 Å². The van der Waals surface area contributed by atoms with E-state index >= 15 is 0 Å². The predicted molar refractivity (Wildman–Crippen MR) is 115 cm³/mol. The smallest absolute Gasteiger partial charge is 0.225 e. The third-order valence-corrected chi connectivity index (χ3v) is 5.81. The maximum absolute atomic E-state index is 12.5. The highest BCUT2D eigenvalue weighted by Crippen LogP contribution is 2.45. The first-order valence-electron chi connectivity index (χ1n) is 10.1. The van der Waals surface area contributed by atoms with E-state index in [1.54, 1.807) is 6.07 Å². The molecule has 0 radical (unpaired) electrons. The van der Waals surface area contributed by atoms with Crippen molar-refractivity contribution in [1.29, 1.82) is 0 Å². The van der Waals surface area contributed by atoms with Crippen molar-refractivity contribution in [3.8, 4) is 11.5 Å². The van der Waals surface area contributed by atoms with Crippen molar-refractivity contribution >= 4 is 28.3 Å². The van der Waals surface area contributed by atoms with Gasteiger partial charge in [-0.25, -0.2) is 4.98 Å². The summed E-state index contributed by atoms with van der Waals surface area (Å²) in [6, 6.07) is 13.5. The van der Waals surface area contributed by atoms with Crippen molar-refractivity contribution in [2.24, 2.45) is 0 Å². The lowest BCUT2D eigenvalue weighted by Gasteiger charge is -2.33. The molecule has 2 aromatic carbocycles. The molecule has 0 spiro atoms. The van der Waals surface area contributed by atoms with Crippen LogP contribution in [0.1, 0.15) is 23.5 Å². The molecule has 1 atom stereocenters. The number of nitrogens with one attached hydrogen (secondary N) is 1. The van der Waals surface area contributed by atoms with Crippen LogP contribution in [-0.4, -0.2) is 49.4 Å². The number of aromatic nitrogens is 1. The topological polar surface area (TPSA) is 83.9 Å². The summed E-state index contributed by atoms with van der Waals surface area (Å²) in [4.78, 5) is 19.8. The maximum Gasteiger partial charge on any atom is 0.225 e. The van der Waals surface area contributed by atoms with Crippen LogP contribution in [-0.2, 0) is 9.53 Å². The van der Waals surface area contributed by atoms with Crippen LogP contribution >= 0.6 is 0 Å². The number of anilines is 2. The Balaban J connectivity index is 1.71. The summed E-state index contributed by atoms with van der Waals surface area (Å²) in [7, 11) is 1.52. The summed E-state index contributed by atoms with van der Waals surface area (Å²) >= 11 is 0. The summed E-state index contributed by atoms with van der Waals surface area (Å²) in [6.45, 7) is 2.81. The number of nitrogens with zero attached hydrogens (tertiary/aromatic N) is 2. The van der Waals surface area contributed by atoms with Gasteiger partial charge in [0.1, 0.15) is 5.82 Å². The second-order valence-electron chi connectivity index (χ2n) is 7.61. The van der Waals surface area contributed by atoms with Gasteiger partial charge in [-0.15, -0.1) is 0 Å². The molecule has 0 saturated carbocycles. The van der Waals surface area contributed by atoms with Crippen LogP contribution in [0, 0.1) is 0 Å². The lowest BCUT2D eigenvalue weighted by Crippen LogP contribution is -2.38. The number of carbonyl (C=O) groups is 1. The predicted octanol–water partition coefficient (Wildman–Crippen LogP) is 3.26. The highest BCUT2D eigenvalue weighted by atomic mass is 16.5. The Morgan fingerprint density at radius 1 is 1.17 bits per heavy atom. The first-order chi connectivity index (χ1) is 14.6. The van der Waals surface area contributed by atoms with Gasteiger partial charge in [0.15, 0.2) is 11.5 Å². The van der Waals surface area contributed by atoms with E-state index in [9.17, 15) is 9.90 Å². The zero-order valence-electron chi connectivity index (χ0n) is 16.7. The van der Waals surface area contributed by atoms with Crippen molar-refractivity contribution < 1.29 is 19.4 Å². The van der Waals surface area contributed by atoms with E-state index in [1.165, 1.54) is 7.11 Å². The zero-order valence-corrected chi connectivity index (χ0v) is 16.7. The van der Waals surface area contributed by atoms with Gasteiger partial charge < -0.3 is 24.8 Å². The van der Waals surface area contributed by atoms with Crippen LogP contribution in [0.15, 0.2) is 42.5 Å². The third-order valence-electron chi connectivity index (χ3n) is 5.81. The molecule has 30 heavy (non-hydrogen) atoms. The van der Waals surface area contributed by atoms with Gasteiger partial charge in [-0.1, -0.05) is 18.2 Å². The average Bonchev–Trinajstić information content (AvgIpc) is 2.77. The number of carbonyl (C=O) groups excluding carboxylic acids is 1. The normalized spacial score (nSPS) is 18.8. The average molecular weight is 405 g/mol. The summed E-state index contributed by atoms with van der Waals surface area (Å²) in [5, 5.41) is 14.1. The number of methoxy groups -OCH3 is 1. The van der Waals surface area contributed by atoms with Crippen LogP contribution in [0.3, 0.4) is 0 Å². The SMILES string of the molecule is COc1cc2c(cc1O)NC(=O)CC2c1cc2ccccc2nc1N1CCOCC1. The zero-order chi connectivity index (χ0) is 20.7. The number of fused-ring (bicyclic) bond motifs is 2. The Morgan fingerprint density at radius 3 is 2.77 bits per heavy atom. The van der Waals surface area contributed by atoms with Gasteiger partial charge in [0, 0.05) is 48.1 Å². The quantitative estimate of drug-likeness (QED) is 0.696. The second-order valence-corrected chi connectivity index (χ2v) is 7.61. The second kappa shape index (κ2) is 7.50. The van der Waals surface area contributed by atoms with Crippen molar-refractivity contribution in [3.05, 3.63) is 53.6 Å². The van der Waals surface area contributed by atoms with Gasteiger partial charge in [0.05, 0.1) is 25.8 Å². The molecule has 0 bridgehead atoms. The third kappa shape index (κ3) is 3.21. The number of pyridine rings is 1. The Labute approximate surface area is 174 Å². The number of hydrogen-bond donors (Lipinski definition) is 2. The minimum absolute atomic E-state index is 0.00207. The Morgan fingerprint density at radius 2 is 1.97 bits per heavy atom. The number of benzene rings is 2. The van der Waals surface area contributed by atoms with Gasteiger partial charge in [0.25, 0.3) is 0 Å². The molecule has 7 heteroatoms. The van der Waals surface area contributed by atoms with E-state index in [1.807, 2.05) is 30.3 Å². The van der Waals surface area contributed by atoms with Crippen LogP contribution in [0.2, 0.25) is 0 Å². The Bertz CT molecular complexity index is 1120. The Hall–Kier alpha value is -3.32. The van der Waals surface area contributed by atoms with E-state index < -0.39 is 0 Å². The highest BCUT2D eigenvalue weighted by molar-refractivity contribution is 5.96. The van der Waals surface area contributed by atoms with Crippen molar-refractivity contribution in [1.82, 2.24) is 4.98 Å². The highest BCUT2D eigenvalue weighted by Gasteiger charge is 2.32. The summed E-state index contributed by atoms with van der Waals surface area (Å²) in [6.07, 6.45) is 0.304. The van der Waals surface area contributed by atoms with Crippen LogP contribution < -0.4 is 15.0 Å². The van der Waals surface area contributed by atoms with Crippen LogP contribution in [0.5, 0.6) is 11.5 Å². The molecule has 2 aliphatic rings. The number of hydrogen-bond acceptors (Lipinski definition) is 6. The molecule has 2 aliphatic heterocycles. The number of phenolic OH excluding ortho intramolecular Hbond substituents is 1. The fourth-order valence-electron chi connectivity index (χ4n) is 4.33. The number of phenols is 1. The molecule has 1 aromatic heterocycles. The number of rotatable bonds is 3. The number of amides is 1.